The van der Waals surface area contributed by atoms with Crippen LogP contribution in [0.4, 0.5) is 5.00 Å². The summed E-state index contributed by atoms with van der Waals surface area (Å²) in [4.78, 5) is 33.1. The molecule has 0 saturated heterocycles. The summed E-state index contributed by atoms with van der Waals surface area (Å²) in [5, 5.41) is 23.4. The van der Waals surface area contributed by atoms with Crippen molar-refractivity contribution in [2.24, 2.45) is 0 Å². The van der Waals surface area contributed by atoms with E-state index >= 15 is 0 Å². The number of nitro groups is 1. The number of nitrogens with zero attached hydrogens (tertiary/aromatic N) is 1. The summed E-state index contributed by atoms with van der Waals surface area (Å²) in [6, 6.07) is 1.14. The fourth-order valence-corrected chi connectivity index (χ4v) is 2.32. The predicted octanol–water partition coefficient (Wildman–Crippen LogP) is 2.03. The first-order valence-corrected chi connectivity index (χ1v) is 6.53. The highest BCUT2D eigenvalue weighted by atomic mass is 32.1. The Morgan fingerprint density at radius 1 is 1.47 bits per heavy atom. The lowest BCUT2D eigenvalue weighted by atomic mass is 9.92. The Kier molecular flexibility index (Phi) is 4.60. The molecule has 104 valence electrons. The standard InChI is InChI=1S/C11H14N2O5S/c1-3-11(4-2,10(15)16)12-9(14)7-5-8(13(17)18)19-6-7/h5-6H,3-4H2,1-2H3,(H,12,14)(H,15,16). The van der Waals surface area contributed by atoms with E-state index in [1.165, 1.54) is 5.38 Å². The van der Waals surface area contributed by atoms with Crippen LogP contribution in [-0.4, -0.2) is 27.4 Å². The summed E-state index contributed by atoms with van der Waals surface area (Å²) in [6.07, 6.45) is 0.466. The fraction of sp³-hybridized carbons (Fsp3) is 0.455. The van der Waals surface area contributed by atoms with E-state index in [2.05, 4.69) is 5.32 Å². The minimum absolute atomic E-state index is 0.101. The van der Waals surface area contributed by atoms with Crippen LogP contribution in [0.5, 0.6) is 0 Å². The normalized spacial score (nSPS) is 11.1. The van der Waals surface area contributed by atoms with Crippen molar-refractivity contribution in [1.29, 1.82) is 0 Å². The highest BCUT2D eigenvalue weighted by Gasteiger charge is 2.36. The number of aliphatic carboxylic acids is 1. The third kappa shape index (κ3) is 3.08. The van der Waals surface area contributed by atoms with Crippen LogP contribution in [0.15, 0.2) is 11.4 Å². The number of rotatable bonds is 6. The molecule has 0 aliphatic rings. The molecule has 0 fully saturated rings. The molecule has 1 rings (SSSR count). The topological polar surface area (TPSA) is 110 Å². The maximum atomic E-state index is 11.9. The van der Waals surface area contributed by atoms with Gasteiger partial charge in [0, 0.05) is 11.4 Å². The lowest BCUT2D eigenvalue weighted by molar-refractivity contribution is -0.380. The number of hydrogen-bond acceptors (Lipinski definition) is 5. The van der Waals surface area contributed by atoms with E-state index in [9.17, 15) is 24.8 Å². The molecule has 0 aliphatic carbocycles. The molecule has 1 aromatic heterocycles. The first-order chi connectivity index (χ1) is 8.86. The molecule has 1 amide bonds. The number of carbonyl (C=O) groups is 2. The van der Waals surface area contributed by atoms with Gasteiger partial charge in [-0.15, -0.1) is 0 Å². The molecule has 0 aliphatic heterocycles. The number of amides is 1. The Hall–Kier alpha value is -1.96. The van der Waals surface area contributed by atoms with Gasteiger partial charge in [-0.1, -0.05) is 25.2 Å². The van der Waals surface area contributed by atoms with Crippen molar-refractivity contribution < 1.29 is 19.6 Å². The van der Waals surface area contributed by atoms with Gasteiger partial charge in [-0.3, -0.25) is 14.9 Å². The van der Waals surface area contributed by atoms with E-state index in [1.54, 1.807) is 13.8 Å². The second-order valence-corrected chi connectivity index (χ2v) is 4.87. The van der Waals surface area contributed by atoms with Crippen molar-refractivity contribution in [3.05, 3.63) is 27.1 Å². The largest absolute Gasteiger partial charge is 0.480 e. The van der Waals surface area contributed by atoms with Gasteiger partial charge in [0.25, 0.3) is 5.91 Å². The molecule has 1 aromatic rings. The van der Waals surface area contributed by atoms with Crippen molar-refractivity contribution in [1.82, 2.24) is 5.32 Å². The molecule has 19 heavy (non-hydrogen) atoms. The van der Waals surface area contributed by atoms with Gasteiger partial charge in [0.2, 0.25) is 0 Å². The van der Waals surface area contributed by atoms with Gasteiger partial charge in [-0.25, -0.2) is 4.79 Å². The maximum Gasteiger partial charge on any atom is 0.329 e. The number of carboxylic acids is 1. The Morgan fingerprint density at radius 2 is 2.05 bits per heavy atom. The van der Waals surface area contributed by atoms with Crippen LogP contribution >= 0.6 is 11.3 Å². The molecule has 0 spiro atoms. The van der Waals surface area contributed by atoms with Gasteiger partial charge in [0.15, 0.2) is 0 Å². The molecule has 0 saturated carbocycles. The molecule has 7 nitrogen and oxygen atoms in total. The third-order valence-corrected chi connectivity index (χ3v) is 3.88. The molecular formula is C11H14N2O5S. The fourth-order valence-electron chi connectivity index (χ4n) is 1.61. The third-order valence-electron chi connectivity index (χ3n) is 3.00. The molecular weight excluding hydrogens is 272 g/mol. The molecule has 0 bridgehead atoms. The van der Waals surface area contributed by atoms with E-state index in [0.29, 0.717) is 0 Å². The summed E-state index contributed by atoms with van der Waals surface area (Å²) >= 11 is 0.828. The Morgan fingerprint density at radius 3 is 2.42 bits per heavy atom. The molecule has 8 heteroatoms. The van der Waals surface area contributed by atoms with Crippen molar-refractivity contribution in [2.45, 2.75) is 32.2 Å². The number of thiophene rings is 1. The Labute approximate surface area is 113 Å². The Bertz CT molecular complexity index is 507. The van der Waals surface area contributed by atoms with E-state index in [4.69, 9.17) is 0 Å². The first kappa shape index (κ1) is 15.1. The van der Waals surface area contributed by atoms with E-state index < -0.39 is 22.3 Å². The SMILES string of the molecule is CCC(CC)(NC(=O)c1csc([N+](=O)[O-])c1)C(=O)O. The summed E-state index contributed by atoms with van der Waals surface area (Å²) in [7, 11) is 0. The highest BCUT2D eigenvalue weighted by Crippen LogP contribution is 2.24. The lowest BCUT2D eigenvalue weighted by Gasteiger charge is -2.27. The number of carbonyl (C=O) groups excluding carboxylic acids is 1. The van der Waals surface area contributed by atoms with Crippen LogP contribution in [0.25, 0.3) is 0 Å². The summed E-state index contributed by atoms with van der Waals surface area (Å²) in [5.41, 5.74) is -1.24. The zero-order valence-electron chi connectivity index (χ0n) is 10.5. The number of nitrogens with one attached hydrogen (secondary N) is 1. The molecule has 0 unspecified atom stereocenters. The monoisotopic (exact) mass is 286 g/mol. The van der Waals surface area contributed by atoms with Gasteiger partial charge in [0.05, 0.1) is 10.5 Å². The zero-order valence-corrected chi connectivity index (χ0v) is 11.3. The zero-order chi connectivity index (χ0) is 14.6. The van der Waals surface area contributed by atoms with Gasteiger partial charge in [-0.2, -0.15) is 0 Å². The van der Waals surface area contributed by atoms with Gasteiger partial charge in [0.1, 0.15) is 5.54 Å². The van der Waals surface area contributed by atoms with Crippen LogP contribution in [0.1, 0.15) is 37.0 Å². The summed E-state index contributed by atoms with van der Waals surface area (Å²) in [6.45, 7) is 3.32. The summed E-state index contributed by atoms with van der Waals surface area (Å²) in [5.74, 6) is -1.73. The second kappa shape index (κ2) is 5.79. The van der Waals surface area contributed by atoms with Crippen molar-refractivity contribution in [2.75, 3.05) is 0 Å². The smallest absolute Gasteiger partial charge is 0.329 e. The van der Waals surface area contributed by atoms with Gasteiger partial charge in [-0.05, 0) is 12.8 Å². The molecule has 1 heterocycles. The average molecular weight is 286 g/mol. The van der Waals surface area contributed by atoms with Gasteiger partial charge >= 0.3 is 11.0 Å². The van der Waals surface area contributed by atoms with Crippen LogP contribution in [0.3, 0.4) is 0 Å². The van der Waals surface area contributed by atoms with Crippen LogP contribution in [-0.2, 0) is 4.79 Å². The minimum atomic E-state index is -1.34. The van der Waals surface area contributed by atoms with Crippen molar-refractivity contribution in [3.63, 3.8) is 0 Å². The van der Waals surface area contributed by atoms with E-state index in [0.717, 1.165) is 17.4 Å². The molecule has 0 atom stereocenters. The van der Waals surface area contributed by atoms with Crippen molar-refractivity contribution >= 4 is 28.2 Å². The summed E-state index contributed by atoms with van der Waals surface area (Å²) < 4.78 is 0. The maximum absolute atomic E-state index is 11.9. The van der Waals surface area contributed by atoms with Gasteiger partial charge < -0.3 is 10.4 Å². The molecule has 2 N–H and O–H groups in total. The second-order valence-electron chi connectivity index (χ2n) is 3.98. The number of hydrogen-bond donors (Lipinski definition) is 2. The minimum Gasteiger partial charge on any atom is -0.480 e. The quantitative estimate of drug-likeness (QED) is 0.614. The number of carboxylic acid groups (broad SMARTS) is 1. The average Bonchev–Trinajstić information content (AvgIpc) is 2.85. The predicted molar refractivity (Wildman–Crippen MR) is 69.4 cm³/mol. The van der Waals surface area contributed by atoms with E-state index in [1.807, 2.05) is 0 Å². The van der Waals surface area contributed by atoms with Crippen molar-refractivity contribution in [3.8, 4) is 0 Å². The molecule has 0 radical (unpaired) electrons. The van der Waals surface area contributed by atoms with Crippen LogP contribution in [0.2, 0.25) is 0 Å². The molecule has 0 aromatic carbocycles. The first-order valence-electron chi connectivity index (χ1n) is 5.65. The Balaban J connectivity index is 2.94. The van der Waals surface area contributed by atoms with Crippen LogP contribution in [0, 0.1) is 10.1 Å². The van der Waals surface area contributed by atoms with Crippen LogP contribution < -0.4 is 5.32 Å². The highest BCUT2D eigenvalue weighted by molar-refractivity contribution is 7.13. The van der Waals surface area contributed by atoms with E-state index in [-0.39, 0.29) is 23.4 Å². The lowest BCUT2D eigenvalue weighted by Crippen LogP contribution is -2.53.